The zero-order valence-corrected chi connectivity index (χ0v) is 15.7. The van der Waals surface area contributed by atoms with E-state index < -0.39 is 5.91 Å². The van der Waals surface area contributed by atoms with Gasteiger partial charge in [0.25, 0.3) is 5.91 Å². The average Bonchev–Trinajstić information content (AvgIpc) is 2.71. The number of piperidine rings is 1. The van der Waals surface area contributed by atoms with E-state index in [2.05, 4.69) is 5.32 Å². The number of methoxy groups -OCH3 is 1. The second kappa shape index (κ2) is 10.4. The first-order valence-corrected chi connectivity index (χ1v) is 9.01. The molecule has 8 heteroatoms. The second-order valence-electron chi connectivity index (χ2n) is 6.17. The third-order valence-electron chi connectivity index (χ3n) is 4.26. The molecule has 27 heavy (non-hydrogen) atoms. The highest BCUT2D eigenvalue weighted by Gasteiger charge is 2.29. The molecule has 0 aromatic heterocycles. The molecule has 148 valence electrons. The highest BCUT2D eigenvalue weighted by atomic mass is 16.5. The number of amides is 2. The Balaban J connectivity index is 1.72. The van der Waals surface area contributed by atoms with Crippen LogP contribution >= 0.6 is 0 Å². The SMILES string of the molecule is CCOC(=O)C1CCCN(C(=O)CNC(=O)COc2ccc(OC)cc2)C1. The van der Waals surface area contributed by atoms with Crippen LogP contribution in [0.4, 0.5) is 0 Å². The third kappa shape index (κ3) is 6.47. The number of nitrogens with zero attached hydrogens (tertiary/aromatic N) is 1. The van der Waals surface area contributed by atoms with Gasteiger partial charge in [-0.15, -0.1) is 0 Å². The number of benzene rings is 1. The number of carbonyl (C=O) groups excluding carboxylic acids is 3. The number of nitrogens with one attached hydrogen (secondary N) is 1. The molecule has 1 fully saturated rings. The summed E-state index contributed by atoms with van der Waals surface area (Å²) < 4.78 is 15.4. The molecule has 1 aromatic carbocycles. The minimum Gasteiger partial charge on any atom is -0.497 e. The van der Waals surface area contributed by atoms with Gasteiger partial charge < -0.3 is 24.4 Å². The standard InChI is InChI=1S/C19H26N2O6/c1-3-26-19(24)14-5-4-10-21(12-14)18(23)11-20-17(22)13-27-16-8-6-15(25-2)7-9-16/h6-9,14H,3-5,10-13H2,1-2H3,(H,20,22). The Morgan fingerprint density at radius 1 is 1.19 bits per heavy atom. The van der Waals surface area contributed by atoms with Gasteiger partial charge in [-0.2, -0.15) is 0 Å². The van der Waals surface area contributed by atoms with Gasteiger partial charge in [0, 0.05) is 13.1 Å². The van der Waals surface area contributed by atoms with E-state index in [4.69, 9.17) is 14.2 Å². The van der Waals surface area contributed by atoms with Gasteiger partial charge in [-0.1, -0.05) is 0 Å². The summed E-state index contributed by atoms with van der Waals surface area (Å²) in [5.74, 6) is 0.0502. The van der Waals surface area contributed by atoms with E-state index in [1.165, 1.54) is 0 Å². The second-order valence-corrected chi connectivity index (χ2v) is 6.17. The van der Waals surface area contributed by atoms with Crippen molar-refractivity contribution < 1.29 is 28.6 Å². The van der Waals surface area contributed by atoms with Gasteiger partial charge in [-0.25, -0.2) is 0 Å². The minimum absolute atomic E-state index is 0.125. The number of carbonyl (C=O) groups is 3. The quantitative estimate of drug-likeness (QED) is 0.678. The number of esters is 1. The van der Waals surface area contributed by atoms with Crippen molar-refractivity contribution in [3.63, 3.8) is 0 Å². The maximum absolute atomic E-state index is 12.3. The van der Waals surface area contributed by atoms with Gasteiger partial charge in [0.1, 0.15) is 11.5 Å². The van der Waals surface area contributed by atoms with Crippen molar-refractivity contribution >= 4 is 17.8 Å². The van der Waals surface area contributed by atoms with Gasteiger partial charge in [0.2, 0.25) is 5.91 Å². The molecule has 2 rings (SSSR count). The number of hydrogen-bond acceptors (Lipinski definition) is 6. The summed E-state index contributed by atoms with van der Waals surface area (Å²) in [6.45, 7) is 2.68. The van der Waals surface area contributed by atoms with Crippen LogP contribution in [0.3, 0.4) is 0 Å². The molecule has 1 atom stereocenters. The normalized spacial score (nSPS) is 16.4. The molecule has 8 nitrogen and oxygen atoms in total. The molecular weight excluding hydrogens is 352 g/mol. The topological polar surface area (TPSA) is 94.2 Å². The highest BCUT2D eigenvalue weighted by Crippen LogP contribution is 2.18. The van der Waals surface area contributed by atoms with E-state index in [9.17, 15) is 14.4 Å². The highest BCUT2D eigenvalue weighted by molar-refractivity contribution is 5.86. The fraction of sp³-hybridized carbons (Fsp3) is 0.526. The molecule has 1 unspecified atom stereocenters. The fourth-order valence-corrected chi connectivity index (χ4v) is 2.81. The molecule has 0 aliphatic carbocycles. The van der Waals surface area contributed by atoms with Gasteiger partial charge >= 0.3 is 5.97 Å². The summed E-state index contributed by atoms with van der Waals surface area (Å²) in [6.07, 6.45) is 1.45. The van der Waals surface area contributed by atoms with Crippen molar-refractivity contribution in [1.29, 1.82) is 0 Å². The van der Waals surface area contributed by atoms with E-state index in [0.717, 1.165) is 6.42 Å². The lowest BCUT2D eigenvalue weighted by molar-refractivity contribution is -0.151. The molecule has 0 saturated carbocycles. The zero-order valence-electron chi connectivity index (χ0n) is 15.7. The van der Waals surface area contributed by atoms with Crippen LogP contribution in [-0.4, -0.2) is 62.6 Å². The van der Waals surface area contributed by atoms with Crippen molar-refractivity contribution in [2.24, 2.45) is 5.92 Å². The largest absolute Gasteiger partial charge is 0.497 e. The van der Waals surface area contributed by atoms with Crippen LogP contribution in [0.5, 0.6) is 11.5 Å². The van der Waals surface area contributed by atoms with E-state index in [-0.39, 0.29) is 30.9 Å². The Hall–Kier alpha value is -2.77. The predicted molar refractivity (Wildman–Crippen MR) is 97.4 cm³/mol. The lowest BCUT2D eigenvalue weighted by Gasteiger charge is -2.31. The van der Waals surface area contributed by atoms with Crippen molar-refractivity contribution in [2.75, 3.05) is 40.0 Å². The molecule has 0 spiro atoms. The number of likely N-dealkylation sites (tertiary alicyclic amines) is 1. The van der Waals surface area contributed by atoms with E-state index in [1.54, 1.807) is 43.2 Å². The molecule has 1 aliphatic rings. The molecular formula is C19H26N2O6. The Morgan fingerprint density at radius 3 is 2.56 bits per heavy atom. The van der Waals surface area contributed by atoms with Crippen molar-refractivity contribution in [3.05, 3.63) is 24.3 Å². The molecule has 0 bridgehead atoms. The fourth-order valence-electron chi connectivity index (χ4n) is 2.81. The van der Waals surface area contributed by atoms with Crippen LogP contribution in [0.25, 0.3) is 0 Å². The summed E-state index contributed by atoms with van der Waals surface area (Å²) in [5.41, 5.74) is 0. The third-order valence-corrected chi connectivity index (χ3v) is 4.26. The van der Waals surface area contributed by atoms with E-state index in [1.807, 2.05) is 0 Å². The van der Waals surface area contributed by atoms with Crippen LogP contribution in [0, 0.1) is 5.92 Å². The summed E-state index contributed by atoms with van der Waals surface area (Å²) in [7, 11) is 1.57. The minimum atomic E-state index is -0.391. The van der Waals surface area contributed by atoms with Gasteiger partial charge in [-0.3, -0.25) is 14.4 Å². The number of rotatable bonds is 8. The molecule has 2 amide bonds. The summed E-state index contributed by atoms with van der Waals surface area (Å²) >= 11 is 0. The lowest BCUT2D eigenvalue weighted by atomic mass is 9.98. The van der Waals surface area contributed by atoms with Gasteiger partial charge in [0.05, 0.1) is 26.2 Å². The van der Waals surface area contributed by atoms with Crippen molar-refractivity contribution in [2.45, 2.75) is 19.8 Å². The molecule has 1 aromatic rings. The Labute approximate surface area is 158 Å². The Morgan fingerprint density at radius 2 is 1.89 bits per heavy atom. The Kier molecular flexibility index (Phi) is 7.91. The first kappa shape index (κ1) is 20.5. The van der Waals surface area contributed by atoms with Crippen LogP contribution < -0.4 is 14.8 Å². The molecule has 1 N–H and O–H groups in total. The van der Waals surface area contributed by atoms with Crippen LogP contribution in [-0.2, 0) is 19.1 Å². The Bertz CT molecular complexity index is 646. The zero-order chi connectivity index (χ0) is 19.6. The smallest absolute Gasteiger partial charge is 0.310 e. The molecule has 0 radical (unpaired) electrons. The predicted octanol–water partition coefficient (Wildman–Crippen LogP) is 0.992. The summed E-state index contributed by atoms with van der Waals surface area (Å²) in [6, 6.07) is 6.85. The first-order chi connectivity index (χ1) is 13.0. The van der Waals surface area contributed by atoms with Crippen LogP contribution in [0.15, 0.2) is 24.3 Å². The van der Waals surface area contributed by atoms with Crippen LogP contribution in [0.2, 0.25) is 0 Å². The average molecular weight is 378 g/mol. The maximum atomic E-state index is 12.3. The molecule has 1 aliphatic heterocycles. The van der Waals surface area contributed by atoms with E-state index in [0.29, 0.717) is 37.6 Å². The lowest BCUT2D eigenvalue weighted by Crippen LogP contribution is -2.47. The monoisotopic (exact) mass is 378 g/mol. The first-order valence-electron chi connectivity index (χ1n) is 9.01. The van der Waals surface area contributed by atoms with Crippen molar-refractivity contribution in [3.8, 4) is 11.5 Å². The van der Waals surface area contributed by atoms with Gasteiger partial charge in [0.15, 0.2) is 6.61 Å². The number of hydrogen-bond donors (Lipinski definition) is 1. The van der Waals surface area contributed by atoms with E-state index >= 15 is 0 Å². The number of ether oxygens (including phenoxy) is 3. The van der Waals surface area contributed by atoms with Gasteiger partial charge in [-0.05, 0) is 44.0 Å². The maximum Gasteiger partial charge on any atom is 0.310 e. The van der Waals surface area contributed by atoms with Crippen LogP contribution in [0.1, 0.15) is 19.8 Å². The van der Waals surface area contributed by atoms with Crippen molar-refractivity contribution in [1.82, 2.24) is 10.2 Å². The molecule has 1 saturated heterocycles. The summed E-state index contributed by atoms with van der Waals surface area (Å²) in [5, 5.41) is 2.55. The molecule has 1 heterocycles. The summed E-state index contributed by atoms with van der Waals surface area (Å²) in [4.78, 5) is 37.6.